The van der Waals surface area contributed by atoms with Crippen molar-refractivity contribution < 1.29 is 24.2 Å². The number of hydrogen-bond acceptors (Lipinski definition) is 4. The second kappa shape index (κ2) is 8.19. The van der Waals surface area contributed by atoms with E-state index in [1.165, 1.54) is 0 Å². The number of rotatable bonds is 7. The number of nitrogens with zero attached hydrogens (tertiary/aromatic N) is 1. The molecule has 0 fully saturated rings. The molecule has 1 amide bonds. The second-order valence-corrected chi connectivity index (χ2v) is 5.48. The van der Waals surface area contributed by atoms with E-state index in [4.69, 9.17) is 14.6 Å². The van der Waals surface area contributed by atoms with Crippen LogP contribution in [0.1, 0.15) is 22.8 Å². The molecule has 0 spiro atoms. The molecule has 0 unspecified atom stereocenters. The fourth-order valence-electron chi connectivity index (χ4n) is 2.32. The van der Waals surface area contributed by atoms with E-state index in [0.29, 0.717) is 23.7 Å². The number of carboxylic acids is 1. The number of carbonyl (C=O) groups is 2. The van der Waals surface area contributed by atoms with E-state index < -0.39 is 12.6 Å². The van der Waals surface area contributed by atoms with Gasteiger partial charge >= 0.3 is 5.97 Å². The number of aliphatic carboxylic acids is 1. The highest BCUT2D eigenvalue weighted by Gasteiger charge is 2.17. The lowest BCUT2D eigenvalue weighted by atomic mass is 10.1. The summed E-state index contributed by atoms with van der Waals surface area (Å²) in [4.78, 5) is 24.9. The van der Waals surface area contributed by atoms with Crippen LogP contribution < -0.4 is 14.4 Å². The Morgan fingerprint density at radius 1 is 1.08 bits per heavy atom. The third-order valence-electron chi connectivity index (χ3n) is 3.54. The van der Waals surface area contributed by atoms with Crippen molar-refractivity contribution in [2.24, 2.45) is 0 Å². The molecule has 0 saturated heterocycles. The van der Waals surface area contributed by atoms with E-state index in [9.17, 15) is 9.59 Å². The number of benzene rings is 2. The van der Waals surface area contributed by atoms with Gasteiger partial charge in [-0.15, -0.1) is 0 Å². The minimum absolute atomic E-state index is 0.198. The molecule has 0 atom stereocenters. The van der Waals surface area contributed by atoms with Gasteiger partial charge < -0.3 is 19.5 Å². The predicted molar refractivity (Wildman–Crippen MR) is 94.7 cm³/mol. The molecule has 0 heterocycles. The number of carboxylic acid groups (broad SMARTS) is 1. The zero-order valence-corrected chi connectivity index (χ0v) is 14.5. The van der Waals surface area contributed by atoms with E-state index >= 15 is 0 Å². The summed E-state index contributed by atoms with van der Waals surface area (Å²) in [6.45, 7) is 3.66. The SMILES string of the molecule is CCOc1cc(C(=O)N(C)c2cccc(C)c2)ccc1OCC(=O)O. The highest BCUT2D eigenvalue weighted by molar-refractivity contribution is 6.06. The van der Waals surface area contributed by atoms with Crippen LogP contribution in [0.3, 0.4) is 0 Å². The van der Waals surface area contributed by atoms with Crippen molar-refractivity contribution in [1.82, 2.24) is 0 Å². The molecular formula is C19H21NO5. The molecular weight excluding hydrogens is 322 g/mol. The first kappa shape index (κ1) is 18.3. The Balaban J connectivity index is 2.27. The maximum Gasteiger partial charge on any atom is 0.341 e. The third-order valence-corrected chi connectivity index (χ3v) is 3.54. The fraction of sp³-hybridized carbons (Fsp3) is 0.263. The van der Waals surface area contributed by atoms with Crippen molar-refractivity contribution in [3.8, 4) is 11.5 Å². The van der Waals surface area contributed by atoms with Gasteiger partial charge in [0, 0.05) is 18.3 Å². The Morgan fingerprint density at radius 3 is 2.48 bits per heavy atom. The minimum Gasteiger partial charge on any atom is -0.490 e. The summed E-state index contributed by atoms with van der Waals surface area (Å²) in [5.74, 6) is -0.649. The zero-order chi connectivity index (χ0) is 18.4. The molecule has 0 radical (unpaired) electrons. The minimum atomic E-state index is -1.08. The highest BCUT2D eigenvalue weighted by atomic mass is 16.5. The number of carbonyl (C=O) groups excluding carboxylic acids is 1. The Hall–Kier alpha value is -3.02. The quantitative estimate of drug-likeness (QED) is 0.836. The summed E-state index contributed by atoms with van der Waals surface area (Å²) in [5.41, 5.74) is 2.27. The molecule has 0 aliphatic heterocycles. The van der Waals surface area contributed by atoms with Crippen molar-refractivity contribution in [1.29, 1.82) is 0 Å². The molecule has 6 heteroatoms. The Bertz CT molecular complexity index is 772. The van der Waals surface area contributed by atoms with E-state index in [-0.39, 0.29) is 5.91 Å². The van der Waals surface area contributed by atoms with Crippen molar-refractivity contribution >= 4 is 17.6 Å². The topological polar surface area (TPSA) is 76.1 Å². The molecule has 0 aromatic heterocycles. The normalized spacial score (nSPS) is 10.2. The van der Waals surface area contributed by atoms with Gasteiger partial charge in [-0.25, -0.2) is 4.79 Å². The first-order valence-electron chi connectivity index (χ1n) is 7.88. The molecule has 25 heavy (non-hydrogen) atoms. The van der Waals surface area contributed by atoms with Gasteiger partial charge in [-0.3, -0.25) is 4.79 Å². The smallest absolute Gasteiger partial charge is 0.341 e. The van der Waals surface area contributed by atoms with Crippen LogP contribution >= 0.6 is 0 Å². The third kappa shape index (κ3) is 4.73. The first-order chi connectivity index (χ1) is 11.9. The number of ether oxygens (including phenoxy) is 2. The van der Waals surface area contributed by atoms with Crippen molar-refractivity contribution in [3.05, 3.63) is 53.6 Å². The molecule has 0 aliphatic rings. The lowest BCUT2D eigenvalue weighted by molar-refractivity contribution is -0.139. The van der Waals surface area contributed by atoms with Crippen LogP contribution in [0.15, 0.2) is 42.5 Å². The average molecular weight is 343 g/mol. The molecule has 0 aliphatic carbocycles. The largest absolute Gasteiger partial charge is 0.490 e. The highest BCUT2D eigenvalue weighted by Crippen LogP contribution is 2.29. The molecule has 2 aromatic rings. The maximum atomic E-state index is 12.7. The molecule has 2 aromatic carbocycles. The van der Waals surface area contributed by atoms with Crippen molar-refractivity contribution in [2.45, 2.75) is 13.8 Å². The van der Waals surface area contributed by atoms with Crippen LogP contribution in [0.2, 0.25) is 0 Å². The fourth-order valence-corrected chi connectivity index (χ4v) is 2.32. The van der Waals surface area contributed by atoms with Crippen LogP contribution in [0.5, 0.6) is 11.5 Å². The van der Waals surface area contributed by atoms with E-state index in [1.54, 1.807) is 37.1 Å². The van der Waals surface area contributed by atoms with E-state index in [1.807, 2.05) is 31.2 Å². The average Bonchev–Trinajstić information content (AvgIpc) is 2.59. The van der Waals surface area contributed by atoms with Gasteiger partial charge in [0.2, 0.25) is 0 Å². The van der Waals surface area contributed by atoms with Gasteiger partial charge in [0.15, 0.2) is 18.1 Å². The summed E-state index contributed by atoms with van der Waals surface area (Å²) in [6.07, 6.45) is 0. The maximum absolute atomic E-state index is 12.7. The molecule has 6 nitrogen and oxygen atoms in total. The number of amides is 1. The van der Waals surface area contributed by atoms with Crippen molar-refractivity contribution in [3.63, 3.8) is 0 Å². The van der Waals surface area contributed by atoms with Crippen LogP contribution in [-0.2, 0) is 4.79 Å². The lowest BCUT2D eigenvalue weighted by Crippen LogP contribution is -2.26. The summed E-state index contributed by atoms with van der Waals surface area (Å²) >= 11 is 0. The van der Waals surface area contributed by atoms with Crippen molar-refractivity contribution in [2.75, 3.05) is 25.2 Å². The summed E-state index contributed by atoms with van der Waals surface area (Å²) in [7, 11) is 1.70. The first-order valence-corrected chi connectivity index (χ1v) is 7.88. The van der Waals surface area contributed by atoms with Crippen LogP contribution in [0.4, 0.5) is 5.69 Å². The van der Waals surface area contributed by atoms with Gasteiger partial charge in [0.1, 0.15) is 0 Å². The van der Waals surface area contributed by atoms with Crippen LogP contribution in [0, 0.1) is 6.92 Å². The Morgan fingerprint density at radius 2 is 1.84 bits per heavy atom. The molecule has 0 saturated carbocycles. The number of hydrogen-bond donors (Lipinski definition) is 1. The summed E-state index contributed by atoms with van der Waals surface area (Å²) in [5, 5.41) is 8.73. The number of aryl methyl sites for hydroxylation is 1. The molecule has 132 valence electrons. The predicted octanol–water partition coefficient (Wildman–Crippen LogP) is 3.13. The Labute approximate surface area is 146 Å². The van der Waals surface area contributed by atoms with Gasteiger partial charge in [0.25, 0.3) is 5.91 Å². The van der Waals surface area contributed by atoms with Gasteiger partial charge in [0.05, 0.1) is 6.61 Å². The van der Waals surface area contributed by atoms with Gasteiger partial charge in [-0.05, 0) is 49.7 Å². The summed E-state index contributed by atoms with van der Waals surface area (Å²) in [6, 6.07) is 12.3. The molecule has 1 N–H and O–H groups in total. The van der Waals surface area contributed by atoms with E-state index in [0.717, 1.165) is 11.3 Å². The van der Waals surface area contributed by atoms with Gasteiger partial charge in [-0.2, -0.15) is 0 Å². The van der Waals surface area contributed by atoms with Gasteiger partial charge in [-0.1, -0.05) is 12.1 Å². The van der Waals surface area contributed by atoms with Crippen LogP contribution in [0.25, 0.3) is 0 Å². The molecule has 2 rings (SSSR count). The second-order valence-electron chi connectivity index (χ2n) is 5.48. The standard InChI is InChI=1S/C19H21NO5/c1-4-24-17-11-14(8-9-16(17)25-12-18(21)22)19(23)20(3)15-7-5-6-13(2)10-15/h5-11H,4,12H2,1-3H3,(H,21,22). The monoisotopic (exact) mass is 343 g/mol. The number of anilines is 1. The van der Waals surface area contributed by atoms with E-state index in [2.05, 4.69) is 0 Å². The lowest BCUT2D eigenvalue weighted by Gasteiger charge is -2.19. The zero-order valence-electron chi connectivity index (χ0n) is 14.5. The molecule has 0 bridgehead atoms. The Kier molecular flexibility index (Phi) is 6.00. The van der Waals surface area contributed by atoms with Crippen LogP contribution in [-0.4, -0.2) is 37.2 Å². The summed E-state index contributed by atoms with van der Waals surface area (Å²) < 4.78 is 10.7.